The van der Waals surface area contributed by atoms with Gasteiger partial charge in [0.15, 0.2) is 0 Å². The van der Waals surface area contributed by atoms with Crippen LogP contribution in [0.3, 0.4) is 0 Å². The lowest BCUT2D eigenvalue weighted by atomic mass is 9.77. The molecule has 3 rings (SSSR count). The van der Waals surface area contributed by atoms with Crippen LogP contribution >= 0.6 is 0 Å². The number of anilines is 1. The minimum atomic E-state index is -0.808. The van der Waals surface area contributed by atoms with Crippen LogP contribution in [0, 0.1) is 12.7 Å². The van der Waals surface area contributed by atoms with Gasteiger partial charge in [-0.25, -0.2) is 9.37 Å². The first kappa shape index (κ1) is 16.4. The van der Waals surface area contributed by atoms with E-state index in [-0.39, 0.29) is 11.7 Å². The third-order valence-electron chi connectivity index (χ3n) is 4.80. The molecule has 0 bridgehead atoms. The molecule has 24 heavy (non-hydrogen) atoms. The van der Waals surface area contributed by atoms with Gasteiger partial charge in [0.1, 0.15) is 5.82 Å². The number of hydrogen-bond donors (Lipinski definition) is 1. The maximum atomic E-state index is 14.4. The summed E-state index contributed by atoms with van der Waals surface area (Å²) in [6.07, 6.45) is 3.15. The Labute approximate surface area is 141 Å². The summed E-state index contributed by atoms with van der Waals surface area (Å²) in [6, 6.07) is 10.0. The zero-order chi connectivity index (χ0) is 17.2. The predicted octanol–water partition coefficient (Wildman–Crippen LogP) is 3.99. The number of nitrogens with one attached hydrogen (secondary N) is 1. The SMILES string of the molecule is COc1ccc(NC(=O)C2(c3ccccc3F)CCCC2)c(C)n1. The quantitative estimate of drug-likeness (QED) is 0.923. The van der Waals surface area contributed by atoms with E-state index >= 15 is 0 Å². The molecule has 1 heterocycles. The lowest BCUT2D eigenvalue weighted by Gasteiger charge is -2.29. The van der Waals surface area contributed by atoms with Gasteiger partial charge in [0, 0.05) is 11.6 Å². The molecular formula is C19H21FN2O2. The molecule has 5 heteroatoms. The smallest absolute Gasteiger partial charge is 0.235 e. The molecule has 1 aliphatic rings. The highest BCUT2D eigenvalue weighted by Gasteiger charge is 2.44. The van der Waals surface area contributed by atoms with Crippen molar-refractivity contribution in [2.24, 2.45) is 0 Å². The van der Waals surface area contributed by atoms with E-state index in [0.29, 0.717) is 35.7 Å². The summed E-state index contributed by atoms with van der Waals surface area (Å²) in [5.41, 5.74) is 0.976. The summed E-state index contributed by atoms with van der Waals surface area (Å²) < 4.78 is 19.4. The molecule has 0 aliphatic heterocycles. The lowest BCUT2D eigenvalue weighted by Crippen LogP contribution is -2.39. The minimum Gasteiger partial charge on any atom is -0.481 e. The van der Waals surface area contributed by atoms with E-state index in [2.05, 4.69) is 10.3 Å². The van der Waals surface area contributed by atoms with E-state index in [9.17, 15) is 9.18 Å². The standard InChI is InChI=1S/C19H21FN2O2/c1-13-16(9-10-17(21-13)24-2)22-18(23)19(11-5-6-12-19)14-7-3-4-8-15(14)20/h3-4,7-10H,5-6,11-12H2,1-2H3,(H,22,23). The van der Waals surface area contributed by atoms with Crippen molar-refractivity contribution >= 4 is 11.6 Å². The summed E-state index contributed by atoms with van der Waals surface area (Å²) in [5.74, 6) is 0.00878. The van der Waals surface area contributed by atoms with Crippen molar-refractivity contribution < 1.29 is 13.9 Å². The molecular weight excluding hydrogens is 307 g/mol. The topological polar surface area (TPSA) is 51.2 Å². The third kappa shape index (κ3) is 2.86. The largest absolute Gasteiger partial charge is 0.481 e. The average Bonchev–Trinajstić information content (AvgIpc) is 3.08. The van der Waals surface area contributed by atoms with E-state index in [0.717, 1.165) is 12.8 Å². The van der Waals surface area contributed by atoms with Crippen LogP contribution in [-0.4, -0.2) is 18.0 Å². The third-order valence-corrected chi connectivity index (χ3v) is 4.80. The highest BCUT2D eigenvalue weighted by molar-refractivity contribution is 5.99. The van der Waals surface area contributed by atoms with Crippen molar-refractivity contribution in [3.8, 4) is 5.88 Å². The first-order valence-corrected chi connectivity index (χ1v) is 8.15. The fourth-order valence-electron chi connectivity index (χ4n) is 3.47. The number of amides is 1. The van der Waals surface area contributed by atoms with Crippen LogP contribution in [0.5, 0.6) is 5.88 Å². The van der Waals surface area contributed by atoms with Gasteiger partial charge in [0.05, 0.1) is 23.9 Å². The molecule has 1 saturated carbocycles. The van der Waals surface area contributed by atoms with E-state index in [1.807, 2.05) is 6.92 Å². The average molecular weight is 328 g/mol. The van der Waals surface area contributed by atoms with Crippen LogP contribution in [0.25, 0.3) is 0 Å². The summed E-state index contributed by atoms with van der Waals surface area (Å²) in [5, 5.41) is 2.95. The maximum absolute atomic E-state index is 14.4. The molecule has 1 aliphatic carbocycles. The number of methoxy groups -OCH3 is 1. The van der Waals surface area contributed by atoms with Gasteiger partial charge in [-0.2, -0.15) is 0 Å². The summed E-state index contributed by atoms with van der Waals surface area (Å²) >= 11 is 0. The number of pyridine rings is 1. The Morgan fingerprint density at radius 1 is 1.21 bits per heavy atom. The van der Waals surface area contributed by atoms with E-state index in [1.54, 1.807) is 37.4 Å². The van der Waals surface area contributed by atoms with Crippen molar-refractivity contribution in [3.63, 3.8) is 0 Å². The Hall–Kier alpha value is -2.43. The van der Waals surface area contributed by atoms with Crippen LogP contribution < -0.4 is 10.1 Å². The van der Waals surface area contributed by atoms with Crippen LogP contribution in [0.4, 0.5) is 10.1 Å². The fourth-order valence-corrected chi connectivity index (χ4v) is 3.47. The normalized spacial score (nSPS) is 16.0. The highest BCUT2D eigenvalue weighted by atomic mass is 19.1. The molecule has 1 aromatic heterocycles. The van der Waals surface area contributed by atoms with Crippen molar-refractivity contribution in [3.05, 3.63) is 53.5 Å². The number of carbonyl (C=O) groups is 1. The Bertz CT molecular complexity index is 755. The van der Waals surface area contributed by atoms with E-state index in [4.69, 9.17) is 4.74 Å². The summed E-state index contributed by atoms with van der Waals surface area (Å²) in [7, 11) is 1.55. The summed E-state index contributed by atoms with van der Waals surface area (Å²) in [6.45, 7) is 1.81. The van der Waals surface area contributed by atoms with Crippen molar-refractivity contribution in [1.29, 1.82) is 0 Å². The van der Waals surface area contributed by atoms with E-state index in [1.165, 1.54) is 6.07 Å². The molecule has 2 aromatic rings. The first-order chi connectivity index (χ1) is 11.6. The Balaban J connectivity index is 1.93. The van der Waals surface area contributed by atoms with Crippen molar-refractivity contribution in [2.75, 3.05) is 12.4 Å². The molecule has 1 N–H and O–H groups in total. The summed E-state index contributed by atoms with van der Waals surface area (Å²) in [4.78, 5) is 17.3. The number of rotatable bonds is 4. The molecule has 1 fully saturated rings. The Morgan fingerprint density at radius 2 is 1.92 bits per heavy atom. The second-order valence-corrected chi connectivity index (χ2v) is 6.21. The van der Waals surface area contributed by atoms with Gasteiger partial charge in [-0.15, -0.1) is 0 Å². The molecule has 1 aromatic carbocycles. The van der Waals surface area contributed by atoms with Gasteiger partial charge in [-0.1, -0.05) is 31.0 Å². The Morgan fingerprint density at radius 3 is 2.54 bits per heavy atom. The van der Waals surface area contributed by atoms with Crippen LogP contribution in [0.15, 0.2) is 36.4 Å². The lowest BCUT2D eigenvalue weighted by molar-refractivity contribution is -0.121. The predicted molar refractivity (Wildman–Crippen MR) is 90.7 cm³/mol. The minimum absolute atomic E-state index is 0.167. The van der Waals surface area contributed by atoms with Crippen LogP contribution in [-0.2, 0) is 10.2 Å². The second-order valence-electron chi connectivity index (χ2n) is 6.21. The van der Waals surface area contributed by atoms with Gasteiger partial charge in [0.2, 0.25) is 11.8 Å². The van der Waals surface area contributed by atoms with Crippen molar-refractivity contribution in [2.45, 2.75) is 38.0 Å². The number of benzene rings is 1. The van der Waals surface area contributed by atoms with Crippen molar-refractivity contribution in [1.82, 2.24) is 4.98 Å². The number of carbonyl (C=O) groups excluding carboxylic acids is 1. The molecule has 0 unspecified atom stereocenters. The van der Waals surface area contributed by atoms with Crippen LogP contribution in [0.1, 0.15) is 36.9 Å². The van der Waals surface area contributed by atoms with Gasteiger partial charge in [0.25, 0.3) is 0 Å². The number of aryl methyl sites for hydroxylation is 1. The molecule has 4 nitrogen and oxygen atoms in total. The number of hydrogen-bond acceptors (Lipinski definition) is 3. The zero-order valence-electron chi connectivity index (χ0n) is 13.9. The Kier molecular flexibility index (Phi) is 4.51. The van der Waals surface area contributed by atoms with E-state index < -0.39 is 5.41 Å². The molecule has 0 radical (unpaired) electrons. The molecule has 0 saturated heterocycles. The highest BCUT2D eigenvalue weighted by Crippen LogP contribution is 2.43. The molecule has 126 valence electrons. The zero-order valence-corrected chi connectivity index (χ0v) is 13.9. The molecule has 0 spiro atoms. The molecule has 0 atom stereocenters. The first-order valence-electron chi connectivity index (χ1n) is 8.15. The second kappa shape index (κ2) is 6.59. The van der Waals surface area contributed by atoms with Gasteiger partial charge in [-0.3, -0.25) is 4.79 Å². The van der Waals surface area contributed by atoms with Crippen LogP contribution in [0.2, 0.25) is 0 Å². The monoisotopic (exact) mass is 328 g/mol. The van der Waals surface area contributed by atoms with Gasteiger partial charge in [-0.05, 0) is 31.9 Å². The fraction of sp³-hybridized carbons (Fsp3) is 0.368. The number of halogens is 1. The maximum Gasteiger partial charge on any atom is 0.235 e. The number of nitrogens with zero attached hydrogens (tertiary/aromatic N) is 1. The molecule has 1 amide bonds. The van der Waals surface area contributed by atoms with Gasteiger partial charge < -0.3 is 10.1 Å². The number of ether oxygens (including phenoxy) is 1. The number of aromatic nitrogens is 1. The van der Waals surface area contributed by atoms with Gasteiger partial charge >= 0.3 is 0 Å².